The average molecular weight is 291 g/mol. The van der Waals surface area contributed by atoms with E-state index in [4.69, 9.17) is 15.2 Å². The Bertz CT molecular complexity index is 525. The zero-order valence-electron chi connectivity index (χ0n) is 12.2. The third-order valence-corrected chi connectivity index (χ3v) is 3.92. The number of piperazine rings is 1. The van der Waals surface area contributed by atoms with Crippen molar-refractivity contribution in [2.24, 2.45) is 5.73 Å². The van der Waals surface area contributed by atoms with Gasteiger partial charge in [0.25, 0.3) is 0 Å². The summed E-state index contributed by atoms with van der Waals surface area (Å²) < 4.78 is 10.7. The molecule has 3 rings (SSSR count). The number of benzene rings is 1. The molecule has 0 aliphatic carbocycles. The number of ether oxygens (including phenoxy) is 2. The molecule has 0 bridgehead atoms. The lowest BCUT2D eigenvalue weighted by atomic mass is 10.1. The Labute approximate surface area is 124 Å². The first-order valence-electron chi connectivity index (χ1n) is 7.29. The van der Waals surface area contributed by atoms with E-state index < -0.39 is 6.04 Å². The van der Waals surface area contributed by atoms with E-state index in [9.17, 15) is 4.79 Å². The molecule has 2 aliphatic heterocycles. The fourth-order valence-electron chi connectivity index (χ4n) is 2.71. The molecule has 0 saturated carbocycles. The molecule has 2 heterocycles. The molecular formula is C15H21N3O3. The second-order valence-corrected chi connectivity index (χ2v) is 5.58. The maximum Gasteiger partial charge on any atom is 0.239 e. The third kappa shape index (κ3) is 3.11. The lowest BCUT2D eigenvalue weighted by Crippen LogP contribution is -2.52. The predicted molar refractivity (Wildman–Crippen MR) is 78.1 cm³/mol. The molecule has 1 aromatic rings. The van der Waals surface area contributed by atoms with Gasteiger partial charge in [0.15, 0.2) is 11.5 Å². The first-order valence-corrected chi connectivity index (χ1v) is 7.29. The van der Waals surface area contributed by atoms with Crippen LogP contribution in [0.15, 0.2) is 18.2 Å². The molecule has 0 spiro atoms. The van der Waals surface area contributed by atoms with Gasteiger partial charge in [0.1, 0.15) is 0 Å². The van der Waals surface area contributed by atoms with E-state index in [0.717, 1.165) is 44.2 Å². The number of carbonyl (C=O) groups excluding carboxylic acids is 1. The average Bonchev–Trinajstić information content (AvgIpc) is 2.95. The number of carbonyl (C=O) groups is 1. The minimum absolute atomic E-state index is 0.0396. The van der Waals surface area contributed by atoms with Crippen molar-refractivity contribution in [2.75, 3.05) is 33.0 Å². The maximum atomic E-state index is 11.8. The summed E-state index contributed by atoms with van der Waals surface area (Å²) in [5, 5.41) is 0. The Balaban J connectivity index is 1.55. The van der Waals surface area contributed by atoms with Gasteiger partial charge in [0.05, 0.1) is 6.04 Å². The number of rotatable bonds is 3. The summed E-state index contributed by atoms with van der Waals surface area (Å²) in [7, 11) is 0. The van der Waals surface area contributed by atoms with Gasteiger partial charge in [0, 0.05) is 32.7 Å². The highest BCUT2D eigenvalue weighted by atomic mass is 16.7. The highest BCUT2D eigenvalue weighted by Crippen LogP contribution is 2.32. The van der Waals surface area contributed by atoms with Gasteiger partial charge >= 0.3 is 0 Å². The first kappa shape index (κ1) is 14.2. The number of fused-ring (bicyclic) bond motifs is 1. The van der Waals surface area contributed by atoms with Crippen LogP contribution in [0.5, 0.6) is 11.5 Å². The molecule has 0 unspecified atom stereocenters. The summed E-state index contributed by atoms with van der Waals surface area (Å²) in [6, 6.07) is 5.63. The van der Waals surface area contributed by atoms with Crippen LogP contribution in [0.1, 0.15) is 12.5 Å². The molecule has 1 fully saturated rings. The molecule has 114 valence electrons. The monoisotopic (exact) mass is 291 g/mol. The topological polar surface area (TPSA) is 68.0 Å². The van der Waals surface area contributed by atoms with Crippen LogP contribution in [-0.4, -0.2) is 54.7 Å². The Kier molecular flexibility index (Phi) is 3.98. The molecule has 1 atom stereocenters. The molecular weight excluding hydrogens is 270 g/mol. The SMILES string of the molecule is C[C@H](N)C(=O)N1CCN(Cc2ccc3c(c2)OCO3)CC1. The zero-order valence-corrected chi connectivity index (χ0v) is 12.2. The number of hydrogen-bond acceptors (Lipinski definition) is 5. The van der Waals surface area contributed by atoms with Crippen molar-refractivity contribution in [3.63, 3.8) is 0 Å². The number of hydrogen-bond donors (Lipinski definition) is 1. The van der Waals surface area contributed by atoms with Crippen LogP contribution in [0.3, 0.4) is 0 Å². The van der Waals surface area contributed by atoms with Crippen molar-refractivity contribution < 1.29 is 14.3 Å². The summed E-state index contributed by atoms with van der Waals surface area (Å²) >= 11 is 0. The van der Waals surface area contributed by atoms with Gasteiger partial charge in [-0.05, 0) is 24.6 Å². The zero-order chi connectivity index (χ0) is 14.8. The van der Waals surface area contributed by atoms with E-state index in [-0.39, 0.29) is 5.91 Å². The minimum Gasteiger partial charge on any atom is -0.454 e. The van der Waals surface area contributed by atoms with Crippen molar-refractivity contribution in [1.82, 2.24) is 9.80 Å². The van der Waals surface area contributed by atoms with Gasteiger partial charge in [-0.2, -0.15) is 0 Å². The normalized spacial score (nSPS) is 19.6. The second kappa shape index (κ2) is 5.91. The summed E-state index contributed by atoms with van der Waals surface area (Å²) in [5.41, 5.74) is 6.85. The second-order valence-electron chi connectivity index (χ2n) is 5.58. The molecule has 1 saturated heterocycles. The smallest absolute Gasteiger partial charge is 0.239 e. The van der Waals surface area contributed by atoms with Gasteiger partial charge < -0.3 is 20.1 Å². The van der Waals surface area contributed by atoms with Crippen LogP contribution >= 0.6 is 0 Å². The van der Waals surface area contributed by atoms with Crippen LogP contribution in [-0.2, 0) is 11.3 Å². The van der Waals surface area contributed by atoms with Crippen LogP contribution in [0, 0.1) is 0 Å². The fraction of sp³-hybridized carbons (Fsp3) is 0.533. The van der Waals surface area contributed by atoms with Crippen LogP contribution in [0.4, 0.5) is 0 Å². The molecule has 2 aliphatic rings. The summed E-state index contributed by atoms with van der Waals surface area (Å²) in [5.74, 6) is 1.67. The lowest BCUT2D eigenvalue weighted by molar-refractivity contribution is -0.134. The van der Waals surface area contributed by atoms with E-state index in [2.05, 4.69) is 11.0 Å². The lowest BCUT2D eigenvalue weighted by Gasteiger charge is -2.35. The van der Waals surface area contributed by atoms with Crippen LogP contribution < -0.4 is 15.2 Å². The number of amides is 1. The predicted octanol–water partition coefficient (Wildman–Crippen LogP) is 0.407. The van der Waals surface area contributed by atoms with Gasteiger partial charge in [-0.3, -0.25) is 9.69 Å². The van der Waals surface area contributed by atoms with Gasteiger partial charge in [-0.1, -0.05) is 6.07 Å². The molecule has 6 nitrogen and oxygen atoms in total. The molecule has 21 heavy (non-hydrogen) atoms. The van der Waals surface area contributed by atoms with Crippen molar-refractivity contribution in [3.8, 4) is 11.5 Å². The summed E-state index contributed by atoms with van der Waals surface area (Å²) in [6.45, 7) is 6.12. The maximum absolute atomic E-state index is 11.8. The van der Waals surface area contributed by atoms with Crippen molar-refractivity contribution >= 4 is 5.91 Å². The van der Waals surface area contributed by atoms with Gasteiger partial charge in [0.2, 0.25) is 12.7 Å². The van der Waals surface area contributed by atoms with Crippen LogP contribution in [0.2, 0.25) is 0 Å². The Morgan fingerprint density at radius 3 is 2.67 bits per heavy atom. The highest BCUT2D eigenvalue weighted by Gasteiger charge is 2.23. The van der Waals surface area contributed by atoms with E-state index >= 15 is 0 Å². The Hall–Kier alpha value is -1.79. The fourth-order valence-corrected chi connectivity index (χ4v) is 2.71. The van der Waals surface area contributed by atoms with Gasteiger partial charge in [-0.15, -0.1) is 0 Å². The molecule has 1 aromatic carbocycles. The van der Waals surface area contributed by atoms with Crippen molar-refractivity contribution in [1.29, 1.82) is 0 Å². The number of nitrogens with zero attached hydrogens (tertiary/aromatic N) is 2. The third-order valence-electron chi connectivity index (χ3n) is 3.92. The molecule has 0 aromatic heterocycles. The number of nitrogens with two attached hydrogens (primary N) is 1. The standard InChI is InChI=1S/C15H21N3O3/c1-11(16)15(19)18-6-4-17(5-7-18)9-12-2-3-13-14(8-12)21-10-20-13/h2-3,8,11H,4-7,9-10,16H2,1H3/t11-/m0/s1. The molecule has 0 radical (unpaired) electrons. The quantitative estimate of drug-likeness (QED) is 0.873. The van der Waals surface area contributed by atoms with Crippen molar-refractivity contribution in [2.45, 2.75) is 19.5 Å². The van der Waals surface area contributed by atoms with E-state index in [1.54, 1.807) is 6.92 Å². The Morgan fingerprint density at radius 1 is 1.24 bits per heavy atom. The first-order chi connectivity index (χ1) is 10.1. The van der Waals surface area contributed by atoms with E-state index in [1.165, 1.54) is 5.56 Å². The van der Waals surface area contributed by atoms with E-state index in [1.807, 2.05) is 17.0 Å². The summed E-state index contributed by atoms with van der Waals surface area (Å²) in [4.78, 5) is 16.0. The molecule has 6 heteroatoms. The Morgan fingerprint density at radius 2 is 1.95 bits per heavy atom. The summed E-state index contributed by atoms with van der Waals surface area (Å²) in [6.07, 6.45) is 0. The van der Waals surface area contributed by atoms with Gasteiger partial charge in [-0.25, -0.2) is 0 Å². The van der Waals surface area contributed by atoms with Crippen molar-refractivity contribution in [3.05, 3.63) is 23.8 Å². The molecule has 1 amide bonds. The largest absolute Gasteiger partial charge is 0.454 e. The van der Waals surface area contributed by atoms with Crippen LogP contribution in [0.25, 0.3) is 0 Å². The van der Waals surface area contributed by atoms with E-state index in [0.29, 0.717) is 6.79 Å². The highest BCUT2D eigenvalue weighted by molar-refractivity contribution is 5.81. The minimum atomic E-state index is -0.412. The molecule has 2 N–H and O–H groups in total.